The van der Waals surface area contributed by atoms with Gasteiger partial charge in [0.15, 0.2) is 5.13 Å². The van der Waals surface area contributed by atoms with Gasteiger partial charge in [-0.2, -0.15) is 0 Å². The number of amides is 1. The van der Waals surface area contributed by atoms with Gasteiger partial charge in [-0.15, -0.1) is 11.3 Å². The van der Waals surface area contributed by atoms with Crippen molar-refractivity contribution in [1.82, 2.24) is 19.9 Å². The molecule has 1 N–H and O–H groups in total. The van der Waals surface area contributed by atoms with E-state index in [2.05, 4.69) is 32.1 Å². The van der Waals surface area contributed by atoms with Crippen molar-refractivity contribution in [3.63, 3.8) is 0 Å². The van der Waals surface area contributed by atoms with Crippen LogP contribution in [0, 0.1) is 0 Å². The molecule has 3 heterocycles. The lowest BCUT2D eigenvalue weighted by Crippen LogP contribution is -2.29. The molecule has 24 heavy (non-hydrogen) atoms. The molecule has 0 atom stereocenters. The maximum atomic E-state index is 12.4. The third-order valence-electron chi connectivity index (χ3n) is 4.16. The van der Waals surface area contributed by atoms with Crippen molar-refractivity contribution in [3.8, 4) is 0 Å². The van der Waals surface area contributed by atoms with Crippen LogP contribution in [0.4, 0.5) is 5.13 Å². The summed E-state index contributed by atoms with van der Waals surface area (Å²) in [7, 11) is 0. The number of likely N-dealkylation sites (N-methyl/N-ethyl adjacent to an activating group) is 1. The number of para-hydroxylation sites is 2. The summed E-state index contributed by atoms with van der Waals surface area (Å²) in [5, 5.41) is 3.50. The molecule has 0 bridgehead atoms. The van der Waals surface area contributed by atoms with Crippen LogP contribution in [0.25, 0.3) is 11.0 Å². The molecule has 0 fully saturated rings. The first-order valence-corrected chi connectivity index (χ1v) is 8.78. The quantitative estimate of drug-likeness (QED) is 0.794. The molecule has 1 amide bonds. The predicted molar refractivity (Wildman–Crippen MR) is 94.3 cm³/mol. The second-order valence-corrected chi connectivity index (χ2v) is 6.79. The average molecular weight is 339 g/mol. The number of anilines is 1. The molecular weight excluding hydrogens is 322 g/mol. The molecule has 122 valence electrons. The zero-order chi connectivity index (χ0) is 16.5. The molecule has 1 aliphatic heterocycles. The summed E-state index contributed by atoms with van der Waals surface area (Å²) in [6.45, 7) is 5.13. The monoisotopic (exact) mass is 339 g/mol. The number of hydrogen-bond acceptors (Lipinski definition) is 6. The standard InChI is InChI=1S/C17H17N5OS/c1-2-22-8-7-13-15(10-22)24-17(20-13)21-16(23)14-9-18-11-5-3-4-6-12(11)19-14/h3-6,9H,2,7-8,10H2,1H3,(H,20,21,23). The Kier molecular flexibility index (Phi) is 3.95. The van der Waals surface area contributed by atoms with Crippen LogP contribution in [-0.4, -0.2) is 38.8 Å². The van der Waals surface area contributed by atoms with Crippen LogP contribution in [0.1, 0.15) is 28.0 Å². The van der Waals surface area contributed by atoms with Crippen LogP contribution >= 0.6 is 11.3 Å². The number of aromatic nitrogens is 3. The highest BCUT2D eigenvalue weighted by molar-refractivity contribution is 7.15. The Labute approximate surface area is 143 Å². The molecule has 1 aliphatic rings. The highest BCUT2D eigenvalue weighted by Crippen LogP contribution is 2.28. The fourth-order valence-corrected chi connectivity index (χ4v) is 3.85. The fourth-order valence-electron chi connectivity index (χ4n) is 2.80. The van der Waals surface area contributed by atoms with Crippen LogP contribution < -0.4 is 5.32 Å². The minimum atomic E-state index is -0.272. The van der Waals surface area contributed by atoms with Crippen LogP contribution in [0.2, 0.25) is 0 Å². The number of nitrogens with zero attached hydrogens (tertiary/aromatic N) is 4. The molecule has 4 rings (SSSR count). The SMILES string of the molecule is CCN1CCc2nc(NC(=O)c3cnc4ccccc4n3)sc2C1. The largest absolute Gasteiger partial charge is 0.298 e. The van der Waals surface area contributed by atoms with E-state index in [1.807, 2.05) is 24.3 Å². The van der Waals surface area contributed by atoms with Gasteiger partial charge in [0.05, 0.1) is 22.9 Å². The van der Waals surface area contributed by atoms with Crippen LogP contribution in [0.5, 0.6) is 0 Å². The summed E-state index contributed by atoms with van der Waals surface area (Å²) in [5.41, 5.74) is 2.89. The Morgan fingerprint density at radius 3 is 2.96 bits per heavy atom. The van der Waals surface area contributed by atoms with Crippen molar-refractivity contribution in [3.05, 3.63) is 46.7 Å². The van der Waals surface area contributed by atoms with Crippen LogP contribution in [0.15, 0.2) is 30.5 Å². The Balaban J connectivity index is 1.54. The number of rotatable bonds is 3. The van der Waals surface area contributed by atoms with Crippen molar-refractivity contribution in [2.45, 2.75) is 19.9 Å². The first-order chi connectivity index (χ1) is 11.7. The van der Waals surface area contributed by atoms with Gasteiger partial charge in [0, 0.05) is 24.4 Å². The Bertz CT molecular complexity index is 907. The van der Waals surface area contributed by atoms with Gasteiger partial charge < -0.3 is 0 Å². The molecule has 1 aromatic carbocycles. The molecule has 7 heteroatoms. The van der Waals surface area contributed by atoms with Gasteiger partial charge in [-0.25, -0.2) is 9.97 Å². The van der Waals surface area contributed by atoms with E-state index in [0.717, 1.165) is 37.3 Å². The van der Waals surface area contributed by atoms with Gasteiger partial charge in [-0.1, -0.05) is 19.1 Å². The summed E-state index contributed by atoms with van der Waals surface area (Å²) < 4.78 is 0. The third kappa shape index (κ3) is 2.88. The topological polar surface area (TPSA) is 71.0 Å². The molecular formula is C17H17N5OS. The van der Waals surface area contributed by atoms with E-state index in [1.165, 1.54) is 11.1 Å². The molecule has 0 unspecified atom stereocenters. The van der Waals surface area contributed by atoms with E-state index in [1.54, 1.807) is 11.3 Å². The maximum Gasteiger partial charge on any atom is 0.277 e. The molecule has 0 spiro atoms. The third-order valence-corrected chi connectivity index (χ3v) is 5.16. The first kappa shape index (κ1) is 15.2. The highest BCUT2D eigenvalue weighted by Gasteiger charge is 2.21. The highest BCUT2D eigenvalue weighted by atomic mass is 32.1. The van der Waals surface area contributed by atoms with Gasteiger partial charge in [-0.05, 0) is 18.7 Å². The van der Waals surface area contributed by atoms with E-state index in [-0.39, 0.29) is 5.91 Å². The number of hydrogen-bond donors (Lipinski definition) is 1. The molecule has 0 saturated carbocycles. The van der Waals surface area contributed by atoms with Crippen molar-refractivity contribution >= 4 is 33.4 Å². The lowest BCUT2D eigenvalue weighted by atomic mass is 10.2. The second kappa shape index (κ2) is 6.26. The van der Waals surface area contributed by atoms with Crippen LogP contribution in [0.3, 0.4) is 0 Å². The van der Waals surface area contributed by atoms with Crippen molar-refractivity contribution in [2.75, 3.05) is 18.4 Å². The summed E-state index contributed by atoms with van der Waals surface area (Å²) in [6, 6.07) is 7.50. The second-order valence-electron chi connectivity index (χ2n) is 5.71. The van der Waals surface area contributed by atoms with E-state index in [0.29, 0.717) is 16.3 Å². The molecule has 0 aliphatic carbocycles. The van der Waals surface area contributed by atoms with Gasteiger partial charge in [0.25, 0.3) is 5.91 Å². The van der Waals surface area contributed by atoms with Crippen molar-refractivity contribution < 1.29 is 4.79 Å². The summed E-state index contributed by atoms with van der Waals surface area (Å²) in [6.07, 6.45) is 2.44. The summed E-state index contributed by atoms with van der Waals surface area (Å²) >= 11 is 1.55. The van der Waals surface area contributed by atoms with Gasteiger partial charge in [0.2, 0.25) is 0 Å². The minimum Gasteiger partial charge on any atom is -0.298 e. The van der Waals surface area contributed by atoms with E-state index in [4.69, 9.17) is 0 Å². The molecule has 0 saturated heterocycles. The number of carbonyl (C=O) groups is 1. The van der Waals surface area contributed by atoms with E-state index < -0.39 is 0 Å². The number of fused-ring (bicyclic) bond motifs is 2. The average Bonchev–Trinajstić information content (AvgIpc) is 3.02. The predicted octanol–water partition coefficient (Wildman–Crippen LogP) is 2.72. The summed E-state index contributed by atoms with van der Waals surface area (Å²) in [5.74, 6) is -0.272. The lowest BCUT2D eigenvalue weighted by molar-refractivity contribution is 0.102. The lowest BCUT2D eigenvalue weighted by Gasteiger charge is -2.23. The van der Waals surface area contributed by atoms with E-state index >= 15 is 0 Å². The normalized spacial score (nSPS) is 14.5. The van der Waals surface area contributed by atoms with Crippen molar-refractivity contribution in [2.24, 2.45) is 0 Å². The molecule has 6 nitrogen and oxygen atoms in total. The Morgan fingerprint density at radius 1 is 1.29 bits per heavy atom. The number of nitrogens with one attached hydrogen (secondary N) is 1. The number of carbonyl (C=O) groups excluding carboxylic acids is 1. The van der Waals surface area contributed by atoms with E-state index in [9.17, 15) is 4.79 Å². The minimum absolute atomic E-state index is 0.272. The van der Waals surface area contributed by atoms with Gasteiger partial charge >= 0.3 is 0 Å². The Hall–Kier alpha value is -2.38. The fraction of sp³-hybridized carbons (Fsp3) is 0.294. The van der Waals surface area contributed by atoms with Gasteiger partial charge in [0.1, 0.15) is 5.69 Å². The first-order valence-electron chi connectivity index (χ1n) is 7.97. The maximum absolute atomic E-state index is 12.4. The zero-order valence-electron chi connectivity index (χ0n) is 13.3. The number of thiazole rings is 1. The van der Waals surface area contributed by atoms with Crippen LogP contribution in [-0.2, 0) is 13.0 Å². The molecule has 2 aromatic heterocycles. The summed E-state index contributed by atoms with van der Waals surface area (Å²) in [4.78, 5) is 29.3. The van der Waals surface area contributed by atoms with Crippen molar-refractivity contribution in [1.29, 1.82) is 0 Å². The molecule has 3 aromatic rings. The van der Waals surface area contributed by atoms with Gasteiger partial charge in [-0.3, -0.25) is 20.0 Å². The zero-order valence-corrected chi connectivity index (χ0v) is 14.1. The Morgan fingerprint density at radius 2 is 2.12 bits per heavy atom. The smallest absolute Gasteiger partial charge is 0.277 e. The number of benzene rings is 1. The molecule has 0 radical (unpaired) electrons.